The molecular weight excluding hydrogens is 238 g/mol. The maximum Gasteiger partial charge on any atom is 0.255 e. The van der Waals surface area contributed by atoms with E-state index >= 15 is 0 Å². The standard InChI is InChI=1S/C15H23N3O/c1-16-14-9-10-17-11-13(14)15(19)18-12-7-5-3-2-4-6-8-12/h9-12H,2-8H2,1H3,(H,16,17)(H,18,19). The number of pyridine rings is 1. The summed E-state index contributed by atoms with van der Waals surface area (Å²) in [4.78, 5) is 16.3. The second kappa shape index (κ2) is 7.12. The van der Waals surface area contributed by atoms with Crippen LogP contribution in [0.15, 0.2) is 18.5 Å². The van der Waals surface area contributed by atoms with E-state index in [9.17, 15) is 4.79 Å². The number of nitrogens with one attached hydrogen (secondary N) is 2. The van der Waals surface area contributed by atoms with Gasteiger partial charge in [0.15, 0.2) is 0 Å². The van der Waals surface area contributed by atoms with Crippen molar-refractivity contribution < 1.29 is 4.79 Å². The number of nitrogens with zero attached hydrogens (tertiary/aromatic N) is 1. The van der Waals surface area contributed by atoms with Crippen molar-refractivity contribution in [3.05, 3.63) is 24.0 Å². The van der Waals surface area contributed by atoms with Gasteiger partial charge in [-0.05, 0) is 18.9 Å². The van der Waals surface area contributed by atoms with Crippen LogP contribution in [0.4, 0.5) is 5.69 Å². The van der Waals surface area contributed by atoms with Crippen LogP contribution in [0, 0.1) is 0 Å². The van der Waals surface area contributed by atoms with E-state index < -0.39 is 0 Å². The van der Waals surface area contributed by atoms with Crippen LogP contribution in [-0.2, 0) is 0 Å². The number of hydrogen-bond acceptors (Lipinski definition) is 3. The van der Waals surface area contributed by atoms with Gasteiger partial charge in [0.1, 0.15) is 0 Å². The van der Waals surface area contributed by atoms with Gasteiger partial charge in [0.25, 0.3) is 5.91 Å². The van der Waals surface area contributed by atoms with Crippen molar-refractivity contribution in [3.63, 3.8) is 0 Å². The third-order valence-corrected chi connectivity index (χ3v) is 3.78. The second-order valence-electron chi connectivity index (χ2n) is 5.19. The van der Waals surface area contributed by atoms with E-state index in [1.54, 1.807) is 12.4 Å². The van der Waals surface area contributed by atoms with Crippen LogP contribution in [0.3, 0.4) is 0 Å². The molecule has 1 aromatic heterocycles. The second-order valence-corrected chi connectivity index (χ2v) is 5.19. The predicted octanol–water partition coefficient (Wildman–Crippen LogP) is 2.97. The van der Waals surface area contributed by atoms with Gasteiger partial charge in [0.2, 0.25) is 0 Å². The van der Waals surface area contributed by atoms with Gasteiger partial charge in [-0.25, -0.2) is 0 Å². The molecule has 1 aromatic rings. The maximum absolute atomic E-state index is 12.3. The molecule has 0 aromatic carbocycles. The van der Waals surface area contributed by atoms with E-state index in [1.807, 2.05) is 13.1 Å². The van der Waals surface area contributed by atoms with Crippen molar-refractivity contribution in [1.29, 1.82) is 0 Å². The van der Waals surface area contributed by atoms with Crippen LogP contribution in [-0.4, -0.2) is 24.0 Å². The van der Waals surface area contributed by atoms with Crippen LogP contribution in [0.1, 0.15) is 55.3 Å². The molecule has 1 heterocycles. The Morgan fingerprint density at radius 2 is 1.89 bits per heavy atom. The molecule has 2 N–H and O–H groups in total. The van der Waals surface area contributed by atoms with Gasteiger partial charge in [-0.1, -0.05) is 32.1 Å². The summed E-state index contributed by atoms with van der Waals surface area (Å²) >= 11 is 0. The minimum Gasteiger partial charge on any atom is -0.387 e. The molecule has 1 aliphatic carbocycles. The molecule has 1 fully saturated rings. The fourth-order valence-electron chi connectivity index (χ4n) is 2.66. The van der Waals surface area contributed by atoms with Crippen LogP contribution < -0.4 is 10.6 Å². The van der Waals surface area contributed by atoms with E-state index in [-0.39, 0.29) is 5.91 Å². The zero-order valence-corrected chi connectivity index (χ0v) is 11.6. The van der Waals surface area contributed by atoms with Gasteiger partial charge in [0.05, 0.1) is 5.56 Å². The van der Waals surface area contributed by atoms with Crippen molar-refractivity contribution >= 4 is 11.6 Å². The largest absolute Gasteiger partial charge is 0.387 e. The van der Waals surface area contributed by atoms with Gasteiger partial charge >= 0.3 is 0 Å². The average Bonchev–Trinajstić information content (AvgIpc) is 2.41. The van der Waals surface area contributed by atoms with Crippen LogP contribution in [0.2, 0.25) is 0 Å². The van der Waals surface area contributed by atoms with Crippen molar-refractivity contribution in [2.24, 2.45) is 0 Å². The molecule has 0 saturated heterocycles. The lowest BCUT2D eigenvalue weighted by molar-refractivity contribution is 0.0931. The highest BCUT2D eigenvalue weighted by Gasteiger charge is 2.17. The number of aromatic nitrogens is 1. The first-order chi connectivity index (χ1) is 9.31. The van der Waals surface area contributed by atoms with Gasteiger partial charge in [-0.15, -0.1) is 0 Å². The maximum atomic E-state index is 12.3. The lowest BCUT2D eigenvalue weighted by atomic mass is 9.96. The quantitative estimate of drug-likeness (QED) is 0.879. The molecule has 2 rings (SSSR count). The fourth-order valence-corrected chi connectivity index (χ4v) is 2.66. The highest BCUT2D eigenvalue weighted by atomic mass is 16.1. The van der Waals surface area contributed by atoms with E-state index in [4.69, 9.17) is 0 Å². The van der Waals surface area contributed by atoms with Crippen LogP contribution in [0.5, 0.6) is 0 Å². The third kappa shape index (κ3) is 3.94. The molecule has 19 heavy (non-hydrogen) atoms. The number of carbonyl (C=O) groups excluding carboxylic acids is 1. The minimum atomic E-state index is -0.0111. The molecule has 4 nitrogen and oxygen atoms in total. The number of anilines is 1. The summed E-state index contributed by atoms with van der Waals surface area (Å²) in [5, 5.41) is 6.19. The normalized spacial score (nSPS) is 17.3. The molecule has 1 saturated carbocycles. The Morgan fingerprint density at radius 3 is 2.58 bits per heavy atom. The Hall–Kier alpha value is -1.58. The van der Waals surface area contributed by atoms with Crippen molar-refractivity contribution in [2.75, 3.05) is 12.4 Å². The lowest BCUT2D eigenvalue weighted by Gasteiger charge is -2.21. The zero-order valence-electron chi connectivity index (χ0n) is 11.6. The smallest absolute Gasteiger partial charge is 0.255 e. The summed E-state index contributed by atoms with van der Waals surface area (Å²) in [6.45, 7) is 0. The van der Waals surface area contributed by atoms with Crippen LogP contribution >= 0.6 is 0 Å². The summed E-state index contributed by atoms with van der Waals surface area (Å²) in [5.74, 6) is -0.0111. The first-order valence-electron chi connectivity index (χ1n) is 7.24. The Kier molecular flexibility index (Phi) is 5.19. The molecule has 4 heteroatoms. The number of rotatable bonds is 3. The molecule has 104 valence electrons. The Balaban J connectivity index is 1.99. The molecule has 0 bridgehead atoms. The SMILES string of the molecule is CNc1ccncc1C(=O)NC1CCCCCCC1. The Bertz CT molecular complexity index is 412. The zero-order chi connectivity index (χ0) is 13.5. The summed E-state index contributed by atoms with van der Waals surface area (Å²) < 4.78 is 0. The summed E-state index contributed by atoms with van der Waals surface area (Å²) in [7, 11) is 1.82. The molecule has 0 radical (unpaired) electrons. The van der Waals surface area contributed by atoms with Gasteiger partial charge in [-0.2, -0.15) is 0 Å². The lowest BCUT2D eigenvalue weighted by Crippen LogP contribution is -2.35. The minimum absolute atomic E-state index is 0.0111. The predicted molar refractivity (Wildman–Crippen MR) is 77.4 cm³/mol. The van der Waals surface area contributed by atoms with Gasteiger partial charge < -0.3 is 10.6 Å². The van der Waals surface area contributed by atoms with E-state index in [2.05, 4.69) is 15.6 Å². The highest BCUT2D eigenvalue weighted by molar-refractivity contribution is 5.99. The van der Waals surface area contributed by atoms with Crippen molar-refractivity contribution in [1.82, 2.24) is 10.3 Å². The third-order valence-electron chi connectivity index (χ3n) is 3.78. The molecule has 0 aliphatic heterocycles. The van der Waals surface area contributed by atoms with Gasteiger partial charge in [0, 0.05) is 31.2 Å². The van der Waals surface area contributed by atoms with E-state index in [0.29, 0.717) is 11.6 Å². The first kappa shape index (κ1) is 13.8. The topological polar surface area (TPSA) is 54.0 Å². The first-order valence-corrected chi connectivity index (χ1v) is 7.24. The van der Waals surface area contributed by atoms with Crippen molar-refractivity contribution in [2.45, 2.75) is 51.0 Å². The monoisotopic (exact) mass is 261 g/mol. The summed E-state index contributed by atoms with van der Waals surface area (Å²) in [5.41, 5.74) is 1.46. The molecule has 0 spiro atoms. The van der Waals surface area contributed by atoms with Crippen molar-refractivity contribution in [3.8, 4) is 0 Å². The molecule has 0 unspecified atom stereocenters. The Labute approximate surface area is 115 Å². The molecule has 0 atom stereocenters. The Morgan fingerprint density at radius 1 is 1.21 bits per heavy atom. The van der Waals surface area contributed by atoms with E-state index in [0.717, 1.165) is 18.5 Å². The summed E-state index contributed by atoms with van der Waals surface area (Å²) in [6.07, 6.45) is 11.9. The highest BCUT2D eigenvalue weighted by Crippen LogP contribution is 2.18. The molecular formula is C15H23N3O. The van der Waals surface area contributed by atoms with Gasteiger partial charge in [-0.3, -0.25) is 9.78 Å². The summed E-state index contributed by atoms with van der Waals surface area (Å²) in [6, 6.07) is 2.14. The number of hydrogen-bond donors (Lipinski definition) is 2. The fraction of sp³-hybridized carbons (Fsp3) is 0.600. The number of amides is 1. The average molecular weight is 261 g/mol. The van der Waals surface area contributed by atoms with E-state index in [1.165, 1.54) is 32.1 Å². The molecule has 1 aliphatic rings. The molecule has 1 amide bonds. The van der Waals surface area contributed by atoms with Crippen LogP contribution in [0.25, 0.3) is 0 Å². The number of carbonyl (C=O) groups is 1.